The number of primary amides is 1. The second-order valence-corrected chi connectivity index (χ2v) is 5.71. The first-order valence-electron chi connectivity index (χ1n) is 6.19. The van der Waals surface area contributed by atoms with Crippen LogP contribution in [0.2, 0.25) is 0 Å². The Morgan fingerprint density at radius 3 is 2.60 bits per heavy atom. The Balaban J connectivity index is 2.55. The van der Waals surface area contributed by atoms with Gasteiger partial charge in [0, 0.05) is 17.5 Å². The minimum Gasteiger partial charge on any atom is -0.475 e. The highest BCUT2D eigenvalue weighted by Gasteiger charge is 2.36. The van der Waals surface area contributed by atoms with Gasteiger partial charge in [0.05, 0.1) is 5.71 Å². The lowest BCUT2D eigenvalue weighted by molar-refractivity contribution is 0.0658. The minimum absolute atomic E-state index is 0.0838. The number of nitrogens with two attached hydrogens (primary N) is 1. The Morgan fingerprint density at radius 2 is 2.05 bits per heavy atom. The van der Waals surface area contributed by atoms with E-state index in [9.17, 15) is 9.59 Å². The number of hydrazone groups is 1. The molecular formula is C13H17N3O4. The Labute approximate surface area is 115 Å². The molecule has 2 amide bonds. The van der Waals surface area contributed by atoms with Gasteiger partial charge in [0.15, 0.2) is 0 Å². The third kappa shape index (κ3) is 2.52. The third-order valence-electron chi connectivity index (χ3n) is 3.29. The van der Waals surface area contributed by atoms with Crippen LogP contribution in [0, 0.1) is 12.3 Å². The number of fused-ring (bicyclic) bond motifs is 1. The molecule has 1 aromatic rings. The number of hydrogen-bond donors (Lipinski definition) is 3. The Morgan fingerprint density at radius 1 is 1.40 bits per heavy atom. The van der Waals surface area contributed by atoms with Crippen molar-refractivity contribution in [1.29, 1.82) is 0 Å². The number of rotatable bonds is 2. The van der Waals surface area contributed by atoms with Crippen LogP contribution in [-0.4, -0.2) is 22.8 Å². The molecule has 1 aromatic heterocycles. The van der Waals surface area contributed by atoms with Crippen molar-refractivity contribution < 1.29 is 19.1 Å². The van der Waals surface area contributed by atoms with Gasteiger partial charge in [-0.05, 0) is 18.8 Å². The van der Waals surface area contributed by atoms with E-state index >= 15 is 0 Å². The van der Waals surface area contributed by atoms with Crippen LogP contribution in [0.25, 0.3) is 0 Å². The van der Waals surface area contributed by atoms with Crippen LogP contribution >= 0.6 is 0 Å². The van der Waals surface area contributed by atoms with Crippen molar-refractivity contribution in [3.8, 4) is 0 Å². The normalized spacial score (nSPS) is 18.6. The van der Waals surface area contributed by atoms with Crippen LogP contribution in [0.15, 0.2) is 9.52 Å². The summed E-state index contributed by atoms with van der Waals surface area (Å²) in [5.74, 6) is -0.613. The molecule has 0 saturated carbocycles. The Kier molecular flexibility index (Phi) is 3.29. The fraction of sp³-hybridized carbons (Fsp3) is 0.462. The van der Waals surface area contributed by atoms with Gasteiger partial charge in [-0.1, -0.05) is 13.8 Å². The van der Waals surface area contributed by atoms with Gasteiger partial charge in [-0.2, -0.15) is 5.10 Å². The lowest BCUT2D eigenvalue weighted by Crippen LogP contribution is -2.31. The first-order chi connectivity index (χ1) is 9.21. The fourth-order valence-corrected chi connectivity index (χ4v) is 2.54. The monoisotopic (exact) mass is 279 g/mol. The molecule has 0 unspecified atom stereocenters. The first kappa shape index (κ1) is 14.1. The molecule has 0 fully saturated rings. The van der Waals surface area contributed by atoms with Gasteiger partial charge in [-0.25, -0.2) is 15.0 Å². The summed E-state index contributed by atoms with van der Waals surface area (Å²) in [5.41, 5.74) is 8.85. The maximum Gasteiger partial charge on any atom is 0.372 e. The number of aromatic carboxylic acids is 1. The predicted molar refractivity (Wildman–Crippen MR) is 71.8 cm³/mol. The van der Waals surface area contributed by atoms with Gasteiger partial charge < -0.3 is 15.3 Å². The molecule has 0 saturated heterocycles. The molecule has 7 nitrogen and oxygen atoms in total. The molecule has 1 aliphatic carbocycles. The summed E-state index contributed by atoms with van der Waals surface area (Å²) < 4.78 is 5.45. The molecule has 1 aliphatic rings. The molecule has 0 bridgehead atoms. The highest BCUT2D eigenvalue weighted by atomic mass is 16.4. The lowest BCUT2D eigenvalue weighted by Gasteiger charge is -2.29. The largest absolute Gasteiger partial charge is 0.475 e. The molecule has 0 aromatic carbocycles. The number of amides is 2. The number of nitrogens with one attached hydrogen (secondary N) is 1. The molecule has 0 radical (unpaired) electrons. The van der Waals surface area contributed by atoms with Gasteiger partial charge in [-0.15, -0.1) is 0 Å². The van der Waals surface area contributed by atoms with E-state index in [0.717, 1.165) is 0 Å². The number of carbonyl (C=O) groups excluding carboxylic acids is 1. The fourth-order valence-electron chi connectivity index (χ4n) is 2.54. The van der Waals surface area contributed by atoms with Crippen molar-refractivity contribution in [1.82, 2.24) is 5.43 Å². The zero-order valence-corrected chi connectivity index (χ0v) is 11.6. The van der Waals surface area contributed by atoms with Gasteiger partial charge in [-0.3, -0.25) is 0 Å². The third-order valence-corrected chi connectivity index (χ3v) is 3.29. The molecular weight excluding hydrogens is 262 g/mol. The first-order valence-corrected chi connectivity index (χ1v) is 6.19. The van der Waals surface area contributed by atoms with Gasteiger partial charge >= 0.3 is 12.0 Å². The zero-order valence-electron chi connectivity index (χ0n) is 11.6. The molecule has 0 spiro atoms. The second-order valence-electron chi connectivity index (χ2n) is 5.71. The Bertz CT molecular complexity index is 613. The molecule has 20 heavy (non-hydrogen) atoms. The van der Waals surface area contributed by atoms with Crippen LogP contribution in [-0.2, 0) is 6.42 Å². The van der Waals surface area contributed by atoms with Gasteiger partial charge in [0.2, 0.25) is 5.76 Å². The molecule has 0 aliphatic heterocycles. The van der Waals surface area contributed by atoms with E-state index in [1.54, 1.807) is 6.92 Å². The van der Waals surface area contributed by atoms with Crippen molar-refractivity contribution in [3.63, 3.8) is 0 Å². The number of carboxylic acids is 1. The average molecular weight is 279 g/mol. The number of furan rings is 1. The average Bonchev–Trinajstić information content (AvgIpc) is 2.62. The highest BCUT2D eigenvalue weighted by molar-refractivity contribution is 6.06. The van der Waals surface area contributed by atoms with E-state index in [1.807, 2.05) is 13.8 Å². The van der Waals surface area contributed by atoms with Crippen LogP contribution in [0.4, 0.5) is 4.79 Å². The molecule has 2 rings (SSSR count). The summed E-state index contributed by atoms with van der Waals surface area (Å²) in [4.78, 5) is 22.0. The van der Waals surface area contributed by atoms with E-state index in [1.165, 1.54) is 0 Å². The van der Waals surface area contributed by atoms with E-state index in [2.05, 4.69) is 10.5 Å². The van der Waals surface area contributed by atoms with Crippen molar-refractivity contribution in [3.05, 3.63) is 22.6 Å². The minimum atomic E-state index is -1.11. The van der Waals surface area contributed by atoms with E-state index in [-0.39, 0.29) is 11.2 Å². The van der Waals surface area contributed by atoms with Crippen LogP contribution < -0.4 is 11.2 Å². The second kappa shape index (κ2) is 4.66. The summed E-state index contributed by atoms with van der Waals surface area (Å²) in [7, 11) is 0. The van der Waals surface area contributed by atoms with Crippen molar-refractivity contribution in [2.24, 2.45) is 16.3 Å². The maximum absolute atomic E-state index is 11.2. The zero-order chi connectivity index (χ0) is 15.1. The van der Waals surface area contributed by atoms with Gasteiger partial charge in [0.25, 0.3) is 0 Å². The van der Waals surface area contributed by atoms with Crippen molar-refractivity contribution in [2.45, 2.75) is 33.6 Å². The Hall–Kier alpha value is -2.31. The van der Waals surface area contributed by atoms with E-state index in [0.29, 0.717) is 35.4 Å². The number of hydrogen-bond acceptors (Lipinski definition) is 4. The van der Waals surface area contributed by atoms with E-state index < -0.39 is 12.0 Å². The topological polar surface area (TPSA) is 118 Å². The maximum atomic E-state index is 11.2. The summed E-state index contributed by atoms with van der Waals surface area (Å²) >= 11 is 0. The SMILES string of the molecule is Cc1c(C(=O)O)oc2c1/C(=N\NC(N)=O)CC(C)(C)C2. The van der Waals surface area contributed by atoms with Crippen molar-refractivity contribution in [2.75, 3.05) is 0 Å². The summed E-state index contributed by atoms with van der Waals surface area (Å²) in [5, 5.41) is 13.1. The highest BCUT2D eigenvalue weighted by Crippen LogP contribution is 2.38. The number of carbonyl (C=O) groups is 2. The predicted octanol–water partition coefficient (Wildman–Crippen LogP) is 1.63. The molecule has 0 atom stereocenters. The van der Waals surface area contributed by atoms with Crippen LogP contribution in [0.5, 0.6) is 0 Å². The number of urea groups is 1. The molecule has 108 valence electrons. The molecule has 4 N–H and O–H groups in total. The van der Waals surface area contributed by atoms with Crippen molar-refractivity contribution >= 4 is 17.7 Å². The summed E-state index contributed by atoms with van der Waals surface area (Å²) in [6.45, 7) is 5.71. The summed E-state index contributed by atoms with van der Waals surface area (Å²) in [6, 6.07) is -0.762. The molecule has 7 heteroatoms. The van der Waals surface area contributed by atoms with Gasteiger partial charge in [0.1, 0.15) is 5.76 Å². The molecule has 1 heterocycles. The van der Waals surface area contributed by atoms with Crippen LogP contribution in [0.3, 0.4) is 0 Å². The standard InChI is InChI=1S/C13H17N3O4/c1-6-9-7(15-16-12(14)19)4-13(2,3)5-8(9)20-10(6)11(17)18/h4-5H2,1-3H3,(H,17,18)(H3,14,16,19)/b15-7-. The quantitative estimate of drug-likeness (QED) is 0.713. The number of carboxylic acid groups (broad SMARTS) is 1. The number of nitrogens with zero attached hydrogens (tertiary/aromatic N) is 1. The van der Waals surface area contributed by atoms with E-state index in [4.69, 9.17) is 15.3 Å². The lowest BCUT2D eigenvalue weighted by atomic mass is 9.75. The summed E-state index contributed by atoms with van der Waals surface area (Å²) in [6.07, 6.45) is 1.21. The van der Waals surface area contributed by atoms with Crippen LogP contribution in [0.1, 0.15) is 47.7 Å². The smallest absolute Gasteiger partial charge is 0.372 e.